The average Bonchev–Trinajstić information content (AvgIpc) is 2.69. The molecule has 0 aliphatic heterocycles. The zero-order valence-electron chi connectivity index (χ0n) is 8.35. The minimum atomic E-state index is -1.41. The highest BCUT2D eigenvalue weighted by Gasteiger charge is 2.15. The Labute approximate surface area is 115 Å². The van der Waals surface area contributed by atoms with E-state index in [-0.39, 0.29) is 0 Å². The van der Waals surface area contributed by atoms with Gasteiger partial charge in [0.05, 0.1) is 20.6 Å². The molecule has 1 unspecified atom stereocenters. The van der Waals surface area contributed by atoms with Crippen molar-refractivity contribution in [2.45, 2.75) is 9.79 Å². The lowest BCUT2D eigenvalue weighted by Crippen LogP contribution is -1.91. The minimum Gasteiger partial charge on any atom is -0.297 e. The van der Waals surface area contributed by atoms with Crippen LogP contribution in [0.2, 0.25) is 9.36 Å². The fraction of sp³-hybridized carbons (Fsp3) is 0. The molecule has 17 heavy (non-hydrogen) atoms. The molecule has 2 nitrogen and oxygen atoms in total. The van der Waals surface area contributed by atoms with Crippen LogP contribution in [-0.2, 0) is 10.8 Å². The van der Waals surface area contributed by atoms with E-state index in [1.807, 2.05) is 0 Å². The Morgan fingerprint density at radius 2 is 2.00 bits per heavy atom. The van der Waals surface area contributed by atoms with Crippen LogP contribution >= 0.6 is 34.5 Å². The second-order valence-electron chi connectivity index (χ2n) is 3.13. The van der Waals surface area contributed by atoms with Gasteiger partial charge in [-0.15, -0.1) is 11.3 Å². The van der Waals surface area contributed by atoms with Gasteiger partial charge >= 0.3 is 0 Å². The molecular weight excluding hydrogens is 299 g/mol. The predicted octanol–water partition coefficient (Wildman–Crippen LogP) is 4.03. The monoisotopic (exact) mass is 304 g/mol. The van der Waals surface area contributed by atoms with Crippen molar-refractivity contribution in [2.24, 2.45) is 0 Å². The predicted molar refractivity (Wildman–Crippen MR) is 70.8 cm³/mol. The number of hydrogen-bond donors (Lipinski definition) is 0. The molecule has 1 aromatic carbocycles. The van der Waals surface area contributed by atoms with Gasteiger partial charge in [-0.05, 0) is 24.3 Å². The normalized spacial score (nSPS) is 12.4. The first kappa shape index (κ1) is 12.8. The number of rotatable bonds is 3. The molecule has 0 aliphatic carbocycles. The molecule has 88 valence electrons. The zero-order valence-corrected chi connectivity index (χ0v) is 11.5. The van der Waals surface area contributed by atoms with Gasteiger partial charge in [0.1, 0.15) is 4.34 Å². The highest BCUT2D eigenvalue weighted by molar-refractivity contribution is 7.85. The summed E-state index contributed by atoms with van der Waals surface area (Å²) in [6.45, 7) is 0. The van der Waals surface area contributed by atoms with Crippen molar-refractivity contribution in [2.75, 3.05) is 0 Å². The Hall–Kier alpha value is -0.680. The van der Waals surface area contributed by atoms with Gasteiger partial charge in [0.25, 0.3) is 0 Å². The van der Waals surface area contributed by atoms with Crippen LogP contribution in [0.25, 0.3) is 0 Å². The smallest absolute Gasteiger partial charge is 0.160 e. The first-order chi connectivity index (χ1) is 8.11. The molecule has 2 aromatic rings. The number of halogens is 2. The lowest BCUT2D eigenvalue weighted by Gasteiger charge is -2.00. The van der Waals surface area contributed by atoms with Crippen LogP contribution in [0.1, 0.15) is 9.67 Å². The number of carbonyl (C=O) groups is 1. The van der Waals surface area contributed by atoms with Gasteiger partial charge in [0, 0.05) is 9.92 Å². The molecule has 6 heteroatoms. The first-order valence-electron chi connectivity index (χ1n) is 4.53. The Bertz CT molecular complexity index is 593. The summed E-state index contributed by atoms with van der Waals surface area (Å²) in [7, 11) is -1.41. The molecule has 0 aliphatic rings. The molecule has 0 saturated carbocycles. The van der Waals surface area contributed by atoms with Crippen LogP contribution in [0, 0.1) is 0 Å². The Morgan fingerprint density at radius 1 is 1.24 bits per heavy atom. The van der Waals surface area contributed by atoms with E-state index in [4.69, 9.17) is 23.2 Å². The summed E-state index contributed by atoms with van der Waals surface area (Å²) in [6.07, 6.45) is 0.690. The van der Waals surface area contributed by atoms with Gasteiger partial charge in [-0.2, -0.15) is 0 Å². The van der Waals surface area contributed by atoms with E-state index in [1.165, 1.54) is 6.07 Å². The number of hydrogen-bond acceptors (Lipinski definition) is 3. The van der Waals surface area contributed by atoms with Crippen molar-refractivity contribution >= 4 is 51.6 Å². The molecular formula is C11H6Cl2O2S2. The van der Waals surface area contributed by atoms with Crippen LogP contribution in [-0.4, -0.2) is 10.5 Å². The fourth-order valence-electron chi connectivity index (χ4n) is 1.26. The maximum Gasteiger partial charge on any atom is 0.160 e. The first-order valence-corrected chi connectivity index (χ1v) is 7.26. The fourth-order valence-corrected chi connectivity index (χ4v) is 4.14. The van der Waals surface area contributed by atoms with Gasteiger partial charge in [0.15, 0.2) is 6.29 Å². The van der Waals surface area contributed by atoms with Crippen molar-refractivity contribution in [3.63, 3.8) is 0 Å². The summed E-state index contributed by atoms with van der Waals surface area (Å²) in [4.78, 5) is 12.1. The van der Waals surface area contributed by atoms with Crippen LogP contribution in [0.3, 0.4) is 0 Å². The summed E-state index contributed by atoms with van der Waals surface area (Å²) in [6, 6.07) is 8.28. The van der Waals surface area contributed by atoms with Gasteiger partial charge < -0.3 is 0 Å². The molecule has 0 spiro atoms. The largest absolute Gasteiger partial charge is 0.297 e. The van der Waals surface area contributed by atoms with Crippen molar-refractivity contribution in [3.8, 4) is 0 Å². The molecule has 1 aromatic heterocycles. The molecule has 0 saturated heterocycles. The van der Waals surface area contributed by atoms with Crippen LogP contribution in [0.15, 0.2) is 40.1 Å². The van der Waals surface area contributed by atoms with Crippen LogP contribution in [0.4, 0.5) is 0 Å². The van der Waals surface area contributed by atoms with E-state index in [1.54, 1.807) is 24.3 Å². The van der Waals surface area contributed by atoms with Gasteiger partial charge in [0.2, 0.25) is 0 Å². The lowest BCUT2D eigenvalue weighted by molar-refractivity contribution is 0.112. The summed E-state index contributed by atoms with van der Waals surface area (Å²) in [5, 5.41) is 0.512. The molecule has 0 radical (unpaired) electrons. The van der Waals surface area contributed by atoms with E-state index in [0.717, 1.165) is 11.3 Å². The third-order valence-corrected chi connectivity index (χ3v) is 5.16. The second kappa shape index (κ2) is 5.31. The van der Waals surface area contributed by atoms with E-state index in [9.17, 15) is 9.00 Å². The van der Waals surface area contributed by atoms with E-state index in [0.29, 0.717) is 30.3 Å². The molecule has 1 heterocycles. The average molecular weight is 305 g/mol. The van der Waals surface area contributed by atoms with E-state index >= 15 is 0 Å². The molecule has 0 amide bonds. The van der Waals surface area contributed by atoms with E-state index in [2.05, 4.69) is 0 Å². The second-order valence-corrected chi connectivity index (χ2v) is 6.70. The quantitative estimate of drug-likeness (QED) is 0.802. The maximum atomic E-state index is 12.2. The zero-order chi connectivity index (χ0) is 12.4. The van der Waals surface area contributed by atoms with Crippen molar-refractivity contribution in [3.05, 3.63) is 44.6 Å². The van der Waals surface area contributed by atoms with Gasteiger partial charge in [-0.25, -0.2) is 4.21 Å². The summed E-state index contributed by atoms with van der Waals surface area (Å²) in [5.74, 6) is 0. The summed E-state index contributed by atoms with van der Waals surface area (Å²) in [5.41, 5.74) is 0. The molecule has 0 bridgehead atoms. The SMILES string of the molecule is O=Cc1cc(S(=O)c2cccc(Cl)c2)c(Cl)s1. The number of benzene rings is 1. The highest BCUT2D eigenvalue weighted by Crippen LogP contribution is 2.32. The van der Waals surface area contributed by atoms with Crippen molar-refractivity contribution < 1.29 is 9.00 Å². The van der Waals surface area contributed by atoms with Gasteiger partial charge in [-0.1, -0.05) is 29.3 Å². The van der Waals surface area contributed by atoms with E-state index < -0.39 is 10.8 Å². The number of carbonyl (C=O) groups excluding carboxylic acids is 1. The van der Waals surface area contributed by atoms with Crippen LogP contribution < -0.4 is 0 Å². The highest BCUT2D eigenvalue weighted by atomic mass is 35.5. The van der Waals surface area contributed by atoms with Crippen molar-refractivity contribution in [1.82, 2.24) is 0 Å². The lowest BCUT2D eigenvalue weighted by atomic mass is 10.4. The molecule has 1 atom stereocenters. The maximum absolute atomic E-state index is 12.2. The number of thiophene rings is 1. The third kappa shape index (κ3) is 2.77. The van der Waals surface area contributed by atoms with Crippen molar-refractivity contribution in [1.29, 1.82) is 0 Å². The topological polar surface area (TPSA) is 34.1 Å². The number of aldehydes is 1. The molecule has 2 rings (SSSR count). The summed E-state index contributed by atoms with van der Waals surface area (Å²) < 4.78 is 12.6. The Kier molecular flexibility index (Phi) is 3.99. The van der Waals surface area contributed by atoms with Gasteiger partial charge in [-0.3, -0.25) is 4.79 Å². The summed E-state index contributed by atoms with van der Waals surface area (Å²) >= 11 is 12.9. The Balaban J connectivity index is 2.43. The Morgan fingerprint density at radius 3 is 2.59 bits per heavy atom. The minimum absolute atomic E-state index is 0.366. The molecule has 0 N–H and O–H groups in total. The standard InChI is InChI=1S/C11H6Cl2O2S2/c12-7-2-1-3-9(4-7)17(15)10-5-8(6-14)16-11(10)13/h1-6H. The van der Waals surface area contributed by atoms with Crippen LogP contribution in [0.5, 0.6) is 0 Å². The molecule has 0 fully saturated rings. The third-order valence-electron chi connectivity index (χ3n) is 2.00.